The van der Waals surface area contributed by atoms with Crippen LogP contribution in [0.3, 0.4) is 0 Å². The summed E-state index contributed by atoms with van der Waals surface area (Å²) >= 11 is 0. The summed E-state index contributed by atoms with van der Waals surface area (Å²) in [5.41, 5.74) is 2.63. The highest BCUT2D eigenvalue weighted by molar-refractivity contribution is 5.57. The molecular formula is C13H20N2O. The van der Waals surface area contributed by atoms with Crippen molar-refractivity contribution >= 4 is 5.69 Å². The summed E-state index contributed by atoms with van der Waals surface area (Å²) in [4.78, 5) is 0. The van der Waals surface area contributed by atoms with Crippen LogP contribution in [0.25, 0.3) is 0 Å². The standard InChI is InChI=1S/C13H20N2O/c1-3-14-8-10-6-11-4-5-12(16-2)7-13(11)15-9-10/h4-5,7,10,14-15H,3,6,8-9H2,1-2H3. The molecule has 1 aromatic rings. The fourth-order valence-corrected chi connectivity index (χ4v) is 2.16. The molecule has 0 spiro atoms. The Kier molecular flexibility index (Phi) is 3.67. The van der Waals surface area contributed by atoms with Gasteiger partial charge in [-0.15, -0.1) is 0 Å². The maximum Gasteiger partial charge on any atom is 0.120 e. The zero-order valence-electron chi connectivity index (χ0n) is 10.0. The molecule has 0 saturated carbocycles. The smallest absolute Gasteiger partial charge is 0.120 e. The fraction of sp³-hybridized carbons (Fsp3) is 0.538. The Hall–Kier alpha value is -1.22. The van der Waals surface area contributed by atoms with Gasteiger partial charge in [-0.2, -0.15) is 0 Å². The maximum absolute atomic E-state index is 5.22. The van der Waals surface area contributed by atoms with Crippen LogP contribution in [0, 0.1) is 5.92 Å². The second kappa shape index (κ2) is 5.21. The van der Waals surface area contributed by atoms with Crippen LogP contribution in [0.1, 0.15) is 12.5 Å². The number of ether oxygens (including phenoxy) is 1. The first-order valence-electron chi connectivity index (χ1n) is 5.95. The van der Waals surface area contributed by atoms with E-state index in [0.29, 0.717) is 5.92 Å². The van der Waals surface area contributed by atoms with Crippen molar-refractivity contribution < 1.29 is 4.74 Å². The van der Waals surface area contributed by atoms with Gasteiger partial charge in [-0.1, -0.05) is 13.0 Å². The van der Waals surface area contributed by atoms with Crippen LogP contribution in [0.5, 0.6) is 5.75 Å². The third-order valence-electron chi connectivity index (χ3n) is 3.09. The number of rotatable bonds is 4. The van der Waals surface area contributed by atoms with E-state index in [2.05, 4.69) is 29.7 Å². The van der Waals surface area contributed by atoms with E-state index in [9.17, 15) is 0 Å². The SMILES string of the molecule is CCNCC1CNc2cc(OC)ccc2C1. The molecule has 1 aromatic carbocycles. The van der Waals surface area contributed by atoms with Crippen molar-refractivity contribution in [3.63, 3.8) is 0 Å². The van der Waals surface area contributed by atoms with Gasteiger partial charge < -0.3 is 15.4 Å². The zero-order chi connectivity index (χ0) is 11.4. The molecule has 1 heterocycles. The molecule has 0 amide bonds. The lowest BCUT2D eigenvalue weighted by molar-refractivity contribution is 0.414. The van der Waals surface area contributed by atoms with E-state index < -0.39 is 0 Å². The molecule has 0 saturated heterocycles. The largest absolute Gasteiger partial charge is 0.497 e. The molecule has 1 unspecified atom stereocenters. The number of nitrogens with one attached hydrogen (secondary N) is 2. The number of hydrogen-bond acceptors (Lipinski definition) is 3. The molecule has 0 radical (unpaired) electrons. The second-order valence-electron chi connectivity index (χ2n) is 4.28. The molecule has 3 heteroatoms. The van der Waals surface area contributed by atoms with E-state index in [1.807, 2.05) is 6.07 Å². The van der Waals surface area contributed by atoms with Gasteiger partial charge in [0.2, 0.25) is 0 Å². The molecule has 2 rings (SSSR count). The summed E-state index contributed by atoms with van der Waals surface area (Å²) in [5, 5.41) is 6.88. The maximum atomic E-state index is 5.22. The first kappa shape index (κ1) is 11.3. The van der Waals surface area contributed by atoms with Gasteiger partial charge in [0, 0.05) is 18.3 Å². The monoisotopic (exact) mass is 220 g/mol. The number of hydrogen-bond donors (Lipinski definition) is 2. The van der Waals surface area contributed by atoms with Crippen LogP contribution in [0.2, 0.25) is 0 Å². The van der Waals surface area contributed by atoms with Crippen LogP contribution in [0.4, 0.5) is 5.69 Å². The minimum absolute atomic E-state index is 0.695. The highest BCUT2D eigenvalue weighted by atomic mass is 16.5. The number of anilines is 1. The molecule has 1 atom stereocenters. The van der Waals surface area contributed by atoms with Gasteiger partial charge in [0.05, 0.1) is 7.11 Å². The lowest BCUT2D eigenvalue weighted by atomic mass is 9.94. The van der Waals surface area contributed by atoms with Crippen LogP contribution in [-0.2, 0) is 6.42 Å². The third kappa shape index (κ3) is 2.47. The Morgan fingerprint density at radius 2 is 2.38 bits per heavy atom. The lowest BCUT2D eigenvalue weighted by Gasteiger charge is -2.26. The molecular weight excluding hydrogens is 200 g/mol. The number of benzene rings is 1. The Labute approximate surface area is 97.2 Å². The Morgan fingerprint density at radius 3 is 3.12 bits per heavy atom. The van der Waals surface area contributed by atoms with Gasteiger partial charge in [0.25, 0.3) is 0 Å². The minimum atomic E-state index is 0.695. The van der Waals surface area contributed by atoms with Gasteiger partial charge >= 0.3 is 0 Å². The average molecular weight is 220 g/mol. The third-order valence-corrected chi connectivity index (χ3v) is 3.09. The average Bonchev–Trinajstić information content (AvgIpc) is 2.35. The summed E-state index contributed by atoms with van der Waals surface area (Å²) in [6.45, 7) is 5.34. The van der Waals surface area contributed by atoms with E-state index in [4.69, 9.17) is 4.74 Å². The molecule has 1 aliphatic rings. The number of methoxy groups -OCH3 is 1. The van der Waals surface area contributed by atoms with Crippen LogP contribution < -0.4 is 15.4 Å². The summed E-state index contributed by atoms with van der Waals surface area (Å²) in [6.07, 6.45) is 1.15. The lowest BCUT2D eigenvalue weighted by Crippen LogP contribution is -2.32. The normalized spacial score (nSPS) is 18.8. The highest BCUT2D eigenvalue weighted by Gasteiger charge is 2.17. The van der Waals surface area contributed by atoms with Crippen LogP contribution >= 0.6 is 0 Å². The molecule has 16 heavy (non-hydrogen) atoms. The van der Waals surface area contributed by atoms with Crippen LogP contribution in [-0.4, -0.2) is 26.7 Å². The zero-order valence-corrected chi connectivity index (χ0v) is 10.0. The van der Waals surface area contributed by atoms with Crippen molar-refractivity contribution in [2.45, 2.75) is 13.3 Å². The molecule has 2 N–H and O–H groups in total. The summed E-state index contributed by atoms with van der Waals surface area (Å²) in [6, 6.07) is 6.29. The Morgan fingerprint density at radius 1 is 1.50 bits per heavy atom. The molecule has 1 aliphatic heterocycles. The predicted octanol–water partition coefficient (Wildman–Crippen LogP) is 1.89. The quantitative estimate of drug-likeness (QED) is 0.813. The van der Waals surface area contributed by atoms with E-state index in [0.717, 1.165) is 31.8 Å². The minimum Gasteiger partial charge on any atom is -0.497 e. The van der Waals surface area contributed by atoms with Crippen molar-refractivity contribution in [3.05, 3.63) is 23.8 Å². The van der Waals surface area contributed by atoms with Crippen molar-refractivity contribution in [3.8, 4) is 5.75 Å². The Bertz CT molecular complexity index is 352. The van der Waals surface area contributed by atoms with Gasteiger partial charge in [0.1, 0.15) is 5.75 Å². The van der Waals surface area contributed by atoms with E-state index >= 15 is 0 Å². The predicted molar refractivity (Wildman–Crippen MR) is 67.2 cm³/mol. The first-order valence-corrected chi connectivity index (χ1v) is 5.95. The number of fused-ring (bicyclic) bond motifs is 1. The molecule has 0 aliphatic carbocycles. The van der Waals surface area contributed by atoms with Gasteiger partial charge in [0.15, 0.2) is 0 Å². The van der Waals surface area contributed by atoms with Crippen molar-refractivity contribution in [2.24, 2.45) is 5.92 Å². The van der Waals surface area contributed by atoms with Gasteiger partial charge in [-0.05, 0) is 37.1 Å². The van der Waals surface area contributed by atoms with E-state index in [1.54, 1.807) is 7.11 Å². The van der Waals surface area contributed by atoms with Crippen molar-refractivity contribution in [1.29, 1.82) is 0 Å². The first-order chi connectivity index (χ1) is 7.83. The highest BCUT2D eigenvalue weighted by Crippen LogP contribution is 2.28. The van der Waals surface area contributed by atoms with Gasteiger partial charge in [-0.25, -0.2) is 0 Å². The Balaban J connectivity index is 2.04. The molecule has 88 valence electrons. The van der Waals surface area contributed by atoms with Crippen molar-refractivity contribution in [2.75, 3.05) is 32.1 Å². The molecule has 0 aromatic heterocycles. The fourth-order valence-electron chi connectivity index (χ4n) is 2.16. The van der Waals surface area contributed by atoms with E-state index in [-0.39, 0.29) is 0 Å². The van der Waals surface area contributed by atoms with Crippen molar-refractivity contribution in [1.82, 2.24) is 5.32 Å². The van der Waals surface area contributed by atoms with Gasteiger partial charge in [-0.3, -0.25) is 0 Å². The van der Waals surface area contributed by atoms with E-state index in [1.165, 1.54) is 11.3 Å². The molecule has 0 bridgehead atoms. The summed E-state index contributed by atoms with van der Waals surface area (Å²) in [7, 11) is 1.71. The summed E-state index contributed by atoms with van der Waals surface area (Å²) in [5.74, 6) is 1.62. The van der Waals surface area contributed by atoms with Crippen LogP contribution in [0.15, 0.2) is 18.2 Å². The second-order valence-corrected chi connectivity index (χ2v) is 4.28. The molecule has 3 nitrogen and oxygen atoms in total. The molecule has 0 fully saturated rings. The topological polar surface area (TPSA) is 33.3 Å². The summed E-state index contributed by atoms with van der Waals surface area (Å²) < 4.78 is 5.22.